The fraction of sp³-hybridized carbons (Fsp3) is 0.308. The standard InChI is InChI=1S/C26H28N6O2/c1-18(2)15-25(33)30-23-8-3-19(16-20(23)17-27)24-9-10-28-26(31-24)29-21-4-6-22(7-5-21)32-11-13-34-14-12-32/h3-10,16,18H,11-15H2,1-2H3,(H,30,33)(H,28,29,31). The number of amides is 1. The van der Waals surface area contributed by atoms with E-state index in [1.54, 1.807) is 24.4 Å². The van der Waals surface area contributed by atoms with E-state index in [0.717, 1.165) is 43.2 Å². The number of nitrogens with one attached hydrogen (secondary N) is 2. The Morgan fingerprint density at radius 1 is 1.15 bits per heavy atom. The summed E-state index contributed by atoms with van der Waals surface area (Å²) in [5.41, 5.74) is 4.39. The molecule has 2 aromatic carbocycles. The second-order valence-electron chi connectivity index (χ2n) is 8.56. The van der Waals surface area contributed by atoms with Gasteiger partial charge in [0.2, 0.25) is 11.9 Å². The third-order valence-corrected chi connectivity index (χ3v) is 5.46. The molecule has 1 saturated heterocycles. The summed E-state index contributed by atoms with van der Waals surface area (Å²) in [5, 5.41) is 15.7. The number of benzene rings is 2. The summed E-state index contributed by atoms with van der Waals surface area (Å²) in [5.74, 6) is 0.601. The average Bonchev–Trinajstić information content (AvgIpc) is 2.85. The first-order valence-electron chi connectivity index (χ1n) is 11.4. The second-order valence-corrected chi connectivity index (χ2v) is 8.56. The maximum absolute atomic E-state index is 12.1. The smallest absolute Gasteiger partial charge is 0.227 e. The summed E-state index contributed by atoms with van der Waals surface area (Å²) in [6.45, 7) is 7.24. The zero-order chi connectivity index (χ0) is 23.9. The summed E-state index contributed by atoms with van der Waals surface area (Å²) in [6.07, 6.45) is 2.08. The molecule has 0 aliphatic carbocycles. The van der Waals surface area contributed by atoms with Crippen molar-refractivity contribution >= 4 is 28.9 Å². The van der Waals surface area contributed by atoms with Crippen LogP contribution in [0.1, 0.15) is 25.8 Å². The van der Waals surface area contributed by atoms with Gasteiger partial charge in [-0.15, -0.1) is 0 Å². The Hall–Kier alpha value is -3.96. The van der Waals surface area contributed by atoms with Crippen molar-refractivity contribution in [2.24, 2.45) is 5.92 Å². The third-order valence-electron chi connectivity index (χ3n) is 5.46. The molecule has 0 saturated carbocycles. The highest BCUT2D eigenvalue weighted by Gasteiger charge is 2.13. The number of nitriles is 1. The summed E-state index contributed by atoms with van der Waals surface area (Å²) >= 11 is 0. The minimum absolute atomic E-state index is 0.104. The molecule has 1 amide bonds. The van der Waals surface area contributed by atoms with Crippen LogP contribution >= 0.6 is 0 Å². The van der Waals surface area contributed by atoms with Crippen LogP contribution < -0.4 is 15.5 Å². The maximum atomic E-state index is 12.1. The molecule has 1 aliphatic heterocycles. The molecule has 8 nitrogen and oxygen atoms in total. The second kappa shape index (κ2) is 10.8. The van der Waals surface area contributed by atoms with Gasteiger partial charge < -0.3 is 20.3 Å². The van der Waals surface area contributed by atoms with E-state index in [9.17, 15) is 10.1 Å². The van der Waals surface area contributed by atoms with Gasteiger partial charge in [0.1, 0.15) is 6.07 Å². The molecule has 8 heteroatoms. The molecule has 2 heterocycles. The van der Waals surface area contributed by atoms with E-state index in [4.69, 9.17) is 4.74 Å². The SMILES string of the molecule is CC(C)CC(=O)Nc1ccc(-c2ccnc(Nc3ccc(N4CCOCC4)cc3)n2)cc1C#N. The molecule has 2 N–H and O–H groups in total. The largest absolute Gasteiger partial charge is 0.378 e. The van der Waals surface area contributed by atoms with Gasteiger partial charge in [-0.25, -0.2) is 9.97 Å². The maximum Gasteiger partial charge on any atom is 0.227 e. The van der Waals surface area contributed by atoms with E-state index in [1.807, 2.05) is 32.0 Å². The lowest BCUT2D eigenvalue weighted by atomic mass is 10.1. The minimum atomic E-state index is -0.104. The number of hydrogen-bond acceptors (Lipinski definition) is 7. The number of anilines is 4. The molecule has 3 aromatic rings. The number of morpholine rings is 1. The number of carbonyl (C=O) groups is 1. The highest BCUT2D eigenvalue weighted by molar-refractivity contribution is 5.92. The Morgan fingerprint density at radius 2 is 1.91 bits per heavy atom. The number of hydrogen-bond donors (Lipinski definition) is 2. The predicted octanol–water partition coefficient (Wildman–Crippen LogP) is 4.58. The predicted molar refractivity (Wildman–Crippen MR) is 133 cm³/mol. The van der Waals surface area contributed by atoms with Crippen LogP contribution in [0, 0.1) is 17.2 Å². The number of ether oxygens (including phenoxy) is 1. The van der Waals surface area contributed by atoms with E-state index in [0.29, 0.717) is 29.3 Å². The van der Waals surface area contributed by atoms with E-state index in [1.165, 1.54) is 0 Å². The highest BCUT2D eigenvalue weighted by atomic mass is 16.5. The number of carbonyl (C=O) groups excluding carboxylic acids is 1. The lowest BCUT2D eigenvalue weighted by molar-refractivity contribution is -0.116. The van der Waals surface area contributed by atoms with Crippen molar-refractivity contribution in [3.63, 3.8) is 0 Å². The summed E-state index contributed by atoms with van der Waals surface area (Å²) < 4.78 is 5.42. The summed E-state index contributed by atoms with van der Waals surface area (Å²) in [4.78, 5) is 23.4. The number of nitrogens with zero attached hydrogens (tertiary/aromatic N) is 4. The van der Waals surface area contributed by atoms with Gasteiger partial charge in [-0.2, -0.15) is 5.26 Å². The van der Waals surface area contributed by atoms with Crippen LogP contribution in [0.15, 0.2) is 54.7 Å². The van der Waals surface area contributed by atoms with Crippen molar-refractivity contribution < 1.29 is 9.53 Å². The van der Waals surface area contributed by atoms with E-state index >= 15 is 0 Å². The van der Waals surface area contributed by atoms with Crippen LogP contribution in [0.25, 0.3) is 11.3 Å². The van der Waals surface area contributed by atoms with Gasteiger partial charge in [0, 0.05) is 42.6 Å². The van der Waals surface area contributed by atoms with Gasteiger partial charge in [-0.05, 0) is 48.4 Å². The molecule has 34 heavy (non-hydrogen) atoms. The van der Waals surface area contributed by atoms with Gasteiger partial charge in [0.05, 0.1) is 30.2 Å². The third kappa shape index (κ3) is 5.88. The highest BCUT2D eigenvalue weighted by Crippen LogP contribution is 2.26. The zero-order valence-electron chi connectivity index (χ0n) is 19.4. The van der Waals surface area contributed by atoms with Gasteiger partial charge in [-0.1, -0.05) is 19.9 Å². The molecule has 1 aromatic heterocycles. The van der Waals surface area contributed by atoms with Crippen LogP contribution in [-0.4, -0.2) is 42.2 Å². The minimum Gasteiger partial charge on any atom is -0.378 e. The van der Waals surface area contributed by atoms with E-state index in [-0.39, 0.29) is 11.8 Å². The van der Waals surface area contributed by atoms with Crippen molar-refractivity contribution in [1.82, 2.24) is 9.97 Å². The Bertz CT molecular complexity index is 1180. The van der Waals surface area contributed by atoms with Crippen LogP contribution in [0.2, 0.25) is 0 Å². The van der Waals surface area contributed by atoms with Crippen molar-refractivity contribution in [2.75, 3.05) is 41.8 Å². The topological polar surface area (TPSA) is 103 Å². The van der Waals surface area contributed by atoms with Crippen LogP contribution in [-0.2, 0) is 9.53 Å². The van der Waals surface area contributed by atoms with Gasteiger partial charge in [0.25, 0.3) is 0 Å². The van der Waals surface area contributed by atoms with Crippen molar-refractivity contribution in [1.29, 1.82) is 5.26 Å². The first kappa shape index (κ1) is 23.2. The molecule has 174 valence electrons. The monoisotopic (exact) mass is 456 g/mol. The normalized spacial score (nSPS) is 13.4. The molecule has 0 atom stereocenters. The summed E-state index contributed by atoms with van der Waals surface area (Å²) in [6, 6.07) is 17.4. The van der Waals surface area contributed by atoms with Crippen LogP contribution in [0.5, 0.6) is 0 Å². The Morgan fingerprint density at radius 3 is 2.62 bits per heavy atom. The van der Waals surface area contributed by atoms with Gasteiger partial charge in [-0.3, -0.25) is 4.79 Å². The molecule has 0 bridgehead atoms. The Balaban J connectivity index is 1.47. The number of rotatable bonds is 7. The Labute approximate surface area is 199 Å². The molecule has 1 fully saturated rings. The quantitative estimate of drug-likeness (QED) is 0.536. The number of aromatic nitrogens is 2. The van der Waals surface area contributed by atoms with Crippen molar-refractivity contribution in [3.05, 3.63) is 60.3 Å². The Kier molecular flexibility index (Phi) is 7.35. The van der Waals surface area contributed by atoms with E-state index in [2.05, 4.69) is 43.7 Å². The molecular formula is C26H28N6O2. The zero-order valence-corrected chi connectivity index (χ0v) is 19.4. The molecule has 0 unspecified atom stereocenters. The molecular weight excluding hydrogens is 428 g/mol. The first-order chi connectivity index (χ1) is 16.5. The van der Waals surface area contributed by atoms with Crippen molar-refractivity contribution in [2.45, 2.75) is 20.3 Å². The molecule has 0 spiro atoms. The molecule has 1 aliphatic rings. The van der Waals surface area contributed by atoms with E-state index < -0.39 is 0 Å². The fourth-order valence-corrected chi connectivity index (χ4v) is 3.76. The van der Waals surface area contributed by atoms with Crippen molar-refractivity contribution in [3.8, 4) is 17.3 Å². The molecule has 4 rings (SSSR count). The first-order valence-corrected chi connectivity index (χ1v) is 11.4. The lowest BCUT2D eigenvalue weighted by Gasteiger charge is -2.28. The van der Waals surface area contributed by atoms with Gasteiger partial charge >= 0.3 is 0 Å². The van der Waals surface area contributed by atoms with Gasteiger partial charge in [0.15, 0.2) is 0 Å². The fourth-order valence-electron chi connectivity index (χ4n) is 3.76. The average molecular weight is 457 g/mol. The van der Waals surface area contributed by atoms with Crippen LogP contribution in [0.3, 0.4) is 0 Å². The summed E-state index contributed by atoms with van der Waals surface area (Å²) in [7, 11) is 0. The lowest BCUT2D eigenvalue weighted by Crippen LogP contribution is -2.36. The molecule has 0 radical (unpaired) electrons. The van der Waals surface area contributed by atoms with Crippen LogP contribution in [0.4, 0.5) is 23.0 Å².